The van der Waals surface area contributed by atoms with Gasteiger partial charge in [-0.2, -0.15) is 13.2 Å². The molecule has 2 aliphatic rings. The molecule has 2 aliphatic heterocycles. The Morgan fingerprint density at radius 2 is 2.03 bits per heavy atom. The van der Waals surface area contributed by atoms with Crippen LogP contribution < -0.4 is 15.8 Å². The molecule has 0 radical (unpaired) electrons. The smallest absolute Gasteiger partial charge is 0.433 e. The third kappa shape index (κ3) is 4.74. The normalized spacial score (nSPS) is 18.5. The van der Waals surface area contributed by atoms with Crippen LogP contribution in [-0.4, -0.2) is 59.6 Å². The van der Waals surface area contributed by atoms with Crippen LogP contribution in [0.25, 0.3) is 22.4 Å². The fourth-order valence-corrected chi connectivity index (χ4v) is 4.06. The van der Waals surface area contributed by atoms with Gasteiger partial charge in [-0.05, 0) is 37.3 Å². The van der Waals surface area contributed by atoms with Crippen LogP contribution >= 0.6 is 0 Å². The number of fused-ring (bicyclic) bond motifs is 1. The minimum absolute atomic E-state index is 0.0141. The second-order valence-electron chi connectivity index (χ2n) is 8.57. The molecular weight excluding hydrogens is 493 g/mol. The summed E-state index contributed by atoms with van der Waals surface area (Å²) >= 11 is 0. The van der Waals surface area contributed by atoms with Gasteiger partial charge in [-0.1, -0.05) is 0 Å². The van der Waals surface area contributed by atoms with Crippen molar-refractivity contribution in [2.45, 2.75) is 31.6 Å². The van der Waals surface area contributed by atoms with Gasteiger partial charge < -0.3 is 29.8 Å². The molecule has 1 fully saturated rings. The number of carbonyl (C=O) groups excluding carboxylic acids is 1. The topological polar surface area (TPSA) is 128 Å². The second kappa shape index (κ2) is 9.48. The van der Waals surface area contributed by atoms with Gasteiger partial charge in [0.15, 0.2) is 11.5 Å². The number of hydrogen-bond donors (Lipinski definition) is 2. The molecule has 2 aromatic heterocycles. The predicted molar refractivity (Wildman–Crippen MR) is 127 cm³/mol. The molecule has 13 heteroatoms. The van der Waals surface area contributed by atoms with Gasteiger partial charge in [0.25, 0.3) is 5.91 Å². The Morgan fingerprint density at radius 3 is 2.68 bits per heavy atom. The van der Waals surface area contributed by atoms with E-state index in [0.717, 1.165) is 6.07 Å². The number of rotatable bonds is 6. The maximum Gasteiger partial charge on any atom is 0.433 e. The number of alkyl halides is 3. The number of aliphatic imine (C=N–C) groups is 1. The first-order valence-electron chi connectivity index (χ1n) is 11.4. The van der Waals surface area contributed by atoms with E-state index in [9.17, 15) is 18.0 Å². The highest BCUT2D eigenvalue weighted by molar-refractivity contribution is 5.98. The predicted octanol–water partition coefficient (Wildman–Crippen LogP) is 3.25. The van der Waals surface area contributed by atoms with E-state index in [-0.39, 0.29) is 34.7 Å². The van der Waals surface area contributed by atoms with E-state index < -0.39 is 30.2 Å². The minimum Gasteiger partial charge on any atom is -0.494 e. The molecular formula is C24H23F3N6O4. The number of benzene rings is 1. The fraction of sp³-hybridized carbons (Fsp3) is 0.333. The molecule has 194 valence electrons. The van der Waals surface area contributed by atoms with Crippen LogP contribution in [0.15, 0.2) is 46.0 Å². The number of aromatic nitrogens is 2. The summed E-state index contributed by atoms with van der Waals surface area (Å²) in [4.78, 5) is 27.1. The molecule has 0 saturated carbocycles. The van der Waals surface area contributed by atoms with E-state index in [0.29, 0.717) is 24.0 Å². The lowest BCUT2D eigenvalue weighted by Crippen LogP contribution is -2.56. The van der Waals surface area contributed by atoms with Crippen molar-refractivity contribution in [2.75, 3.05) is 20.2 Å². The van der Waals surface area contributed by atoms with Crippen molar-refractivity contribution in [3.63, 3.8) is 0 Å². The maximum atomic E-state index is 13.3. The highest BCUT2D eigenvalue weighted by atomic mass is 19.4. The van der Waals surface area contributed by atoms with Crippen LogP contribution in [0.4, 0.5) is 13.2 Å². The summed E-state index contributed by atoms with van der Waals surface area (Å²) < 4.78 is 56.7. The van der Waals surface area contributed by atoms with E-state index in [1.165, 1.54) is 19.2 Å². The number of pyridine rings is 1. The van der Waals surface area contributed by atoms with Crippen molar-refractivity contribution in [1.82, 2.24) is 20.2 Å². The van der Waals surface area contributed by atoms with Crippen LogP contribution in [0.3, 0.4) is 0 Å². The zero-order valence-corrected chi connectivity index (χ0v) is 19.8. The molecule has 0 aliphatic carbocycles. The van der Waals surface area contributed by atoms with Gasteiger partial charge in [-0.3, -0.25) is 4.79 Å². The lowest BCUT2D eigenvalue weighted by molar-refractivity contribution is -0.140. The van der Waals surface area contributed by atoms with Crippen LogP contribution in [-0.2, 0) is 10.9 Å². The fourth-order valence-electron chi connectivity index (χ4n) is 4.06. The van der Waals surface area contributed by atoms with Crippen molar-refractivity contribution in [1.29, 1.82) is 0 Å². The molecule has 2 atom stereocenters. The molecule has 37 heavy (non-hydrogen) atoms. The molecule has 1 saturated heterocycles. The molecule has 0 bridgehead atoms. The zero-order valence-electron chi connectivity index (χ0n) is 19.8. The number of nitrogens with two attached hydrogens (primary N) is 1. The summed E-state index contributed by atoms with van der Waals surface area (Å²) in [5.41, 5.74) is 5.36. The number of ether oxygens (including phenoxy) is 2. The lowest BCUT2D eigenvalue weighted by Gasteiger charge is -2.39. The lowest BCUT2D eigenvalue weighted by atomic mass is 10.1. The Balaban J connectivity index is 1.44. The zero-order chi connectivity index (χ0) is 26.3. The van der Waals surface area contributed by atoms with Crippen molar-refractivity contribution in [2.24, 2.45) is 10.7 Å². The first-order chi connectivity index (χ1) is 17.7. The van der Waals surface area contributed by atoms with Crippen LogP contribution in [0.1, 0.15) is 34.9 Å². The number of hydrogen-bond acceptors (Lipinski definition) is 9. The Kier molecular flexibility index (Phi) is 6.33. The van der Waals surface area contributed by atoms with Gasteiger partial charge in [0.2, 0.25) is 12.2 Å². The SMILES string of the molecule is COc1ccc(-c2nc(C(=O)N3CC(OC4N=CC=CN4)C3)c([C@H](C)N)o2)c2ccc(C(F)(F)F)nc12. The summed E-state index contributed by atoms with van der Waals surface area (Å²) in [6.45, 7) is 2.30. The van der Waals surface area contributed by atoms with E-state index in [2.05, 4.69) is 20.3 Å². The monoisotopic (exact) mass is 516 g/mol. The summed E-state index contributed by atoms with van der Waals surface area (Å²) in [6, 6.07) is 4.53. The van der Waals surface area contributed by atoms with Crippen LogP contribution in [0.5, 0.6) is 5.75 Å². The number of nitrogens with zero attached hydrogens (tertiary/aromatic N) is 4. The summed E-state index contributed by atoms with van der Waals surface area (Å²) in [7, 11) is 1.34. The van der Waals surface area contributed by atoms with Gasteiger partial charge in [0.05, 0.1) is 19.3 Å². The maximum absolute atomic E-state index is 13.3. The minimum atomic E-state index is -4.63. The van der Waals surface area contributed by atoms with Crippen LogP contribution in [0.2, 0.25) is 0 Å². The molecule has 1 aromatic carbocycles. The number of oxazole rings is 1. The first-order valence-corrected chi connectivity index (χ1v) is 11.4. The second-order valence-corrected chi connectivity index (χ2v) is 8.57. The van der Waals surface area contributed by atoms with Crippen molar-refractivity contribution >= 4 is 23.0 Å². The number of likely N-dealkylation sites (tertiary alicyclic amines) is 1. The highest BCUT2D eigenvalue weighted by Crippen LogP contribution is 2.37. The standard InChI is InChI=1S/C24H23F3N6O4/c1-12(28)20-19(22(34)33-10-13(11-33)36-23-29-8-3-9-30-23)32-21(37-20)15-4-6-16(35-2)18-14(15)5-7-17(31-18)24(25,26)27/h3-9,12-13,23,29H,10-11,28H2,1-2H3/t12-,23?/m0/s1. The number of nitrogens with one attached hydrogen (secondary N) is 1. The summed E-state index contributed by atoms with van der Waals surface area (Å²) in [5.74, 6) is -0.0425. The van der Waals surface area contributed by atoms with Crippen molar-refractivity contribution in [3.8, 4) is 17.2 Å². The largest absolute Gasteiger partial charge is 0.494 e. The van der Waals surface area contributed by atoms with E-state index in [1.807, 2.05) is 0 Å². The average Bonchev–Trinajstić information content (AvgIpc) is 3.30. The quantitative estimate of drug-likeness (QED) is 0.511. The molecule has 0 spiro atoms. The van der Waals surface area contributed by atoms with Gasteiger partial charge in [-0.15, -0.1) is 0 Å². The van der Waals surface area contributed by atoms with Crippen LogP contribution in [0, 0.1) is 0 Å². The molecule has 4 heterocycles. The van der Waals surface area contributed by atoms with Gasteiger partial charge in [-0.25, -0.2) is 15.0 Å². The third-order valence-electron chi connectivity index (χ3n) is 5.93. The summed E-state index contributed by atoms with van der Waals surface area (Å²) in [6.07, 6.45) is -0.278. The van der Waals surface area contributed by atoms with E-state index >= 15 is 0 Å². The van der Waals surface area contributed by atoms with Crippen molar-refractivity contribution < 1.29 is 31.9 Å². The number of amides is 1. The molecule has 10 nitrogen and oxygen atoms in total. The van der Waals surface area contributed by atoms with E-state index in [4.69, 9.17) is 19.6 Å². The van der Waals surface area contributed by atoms with Gasteiger partial charge >= 0.3 is 6.18 Å². The molecule has 1 unspecified atom stereocenters. The molecule has 1 amide bonds. The Labute approximate surface area is 209 Å². The number of allylic oxidation sites excluding steroid dienone is 1. The average molecular weight is 516 g/mol. The molecule has 5 rings (SSSR count). The third-order valence-corrected chi connectivity index (χ3v) is 5.93. The highest BCUT2D eigenvalue weighted by Gasteiger charge is 2.37. The first kappa shape index (κ1) is 24.7. The molecule has 3 aromatic rings. The number of halogens is 3. The number of carbonyl (C=O) groups is 1. The molecule has 3 N–H and O–H groups in total. The van der Waals surface area contributed by atoms with E-state index in [1.54, 1.807) is 36.4 Å². The Morgan fingerprint density at radius 1 is 1.24 bits per heavy atom. The Bertz CT molecular complexity index is 1400. The Hall–Kier alpha value is -3.97. The van der Waals surface area contributed by atoms with Gasteiger partial charge in [0, 0.05) is 36.5 Å². The summed E-state index contributed by atoms with van der Waals surface area (Å²) in [5, 5.41) is 3.27. The van der Waals surface area contributed by atoms with Gasteiger partial charge in [0.1, 0.15) is 17.0 Å². The number of methoxy groups -OCH3 is 1. The van der Waals surface area contributed by atoms with Crippen molar-refractivity contribution in [3.05, 3.63) is 53.7 Å².